The van der Waals surface area contributed by atoms with E-state index in [1.807, 2.05) is 0 Å². The summed E-state index contributed by atoms with van der Waals surface area (Å²) in [7, 11) is 0. The second-order valence-electron chi connectivity index (χ2n) is 5.82. The largest absolute Gasteiger partial charge is 0.380 e. The van der Waals surface area contributed by atoms with E-state index < -0.39 is 0 Å². The molecule has 102 valence electrons. The summed E-state index contributed by atoms with van der Waals surface area (Å²) in [5.41, 5.74) is 0. The van der Waals surface area contributed by atoms with Crippen molar-refractivity contribution in [1.29, 1.82) is 0 Å². The molecular formula is C15H31NO. The molecule has 0 amide bonds. The first-order valence-corrected chi connectivity index (χ1v) is 7.55. The van der Waals surface area contributed by atoms with Crippen LogP contribution in [0.4, 0.5) is 0 Å². The zero-order chi connectivity index (χ0) is 12.5. The maximum atomic E-state index is 5.85. The van der Waals surface area contributed by atoms with Crippen LogP contribution in [-0.4, -0.2) is 25.8 Å². The smallest absolute Gasteiger partial charge is 0.0622 e. The summed E-state index contributed by atoms with van der Waals surface area (Å²) in [4.78, 5) is 0. The highest BCUT2D eigenvalue weighted by Crippen LogP contribution is 2.27. The molecule has 1 rings (SSSR count). The second-order valence-corrected chi connectivity index (χ2v) is 5.82. The molecule has 17 heavy (non-hydrogen) atoms. The number of ether oxygens (including phenoxy) is 1. The highest BCUT2D eigenvalue weighted by atomic mass is 16.5. The van der Waals surface area contributed by atoms with Crippen LogP contribution in [-0.2, 0) is 4.74 Å². The molecule has 1 fully saturated rings. The molecule has 1 unspecified atom stereocenters. The van der Waals surface area contributed by atoms with E-state index in [2.05, 4.69) is 26.1 Å². The first kappa shape index (κ1) is 15.0. The van der Waals surface area contributed by atoms with Gasteiger partial charge in [0.15, 0.2) is 0 Å². The molecule has 2 nitrogen and oxygen atoms in total. The van der Waals surface area contributed by atoms with E-state index in [4.69, 9.17) is 4.74 Å². The first-order chi connectivity index (χ1) is 8.24. The van der Waals surface area contributed by atoms with E-state index in [1.165, 1.54) is 38.5 Å². The van der Waals surface area contributed by atoms with Crippen molar-refractivity contribution in [1.82, 2.24) is 5.32 Å². The fraction of sp³-hybridized carbons (Fsp3) is 1.00. The third-order valence-electron chi connectivity index (χ3n) is 3.80. The van der Waals surface area contributed by atoms with Crippen LogP contribution in [0, 0.1) is 11.8 Å². The van der Waals surface area contributed by atoms with Crippen LogP contribution in [0.3, 0.4) is 0 Å². The summed E-state index contributed by atoms with van der Waals surface area (Å²) in [6, 6.07) is 0.599. The molecule has 0 spiro atoms. The summed E-state index contributed by atoms with van der Waals surface area (Å²) in [5, 5.41) is 3.60. The minimum absolute atomic E-state index is 0.599. The van der Waals surface area contributed by atoms with Gasteiger partial charge in [-0.2, -0.15) is 0 Å². The predicted octanol–water partition coefficient (Wildman–Crippen LogP) is 3.61. The molecule has 0 aromatic heterocycles. The number of likely N-dealkylation sites (N-methyl/N-ethyl adjacent to an activating group) is 1. The van der Waals surface area contributed by atoms with Crippen LogP contribution < -0.4 is 5.32 Å². The van der Waals surface area contributed by atoms with Crippen LogP contribution in [0.15, 0.2) is 0 Å². The van der Waals surface area contributed by atoms with Crippen molar-refractivity contribution in [2.45, 2.75) is 65.3 Å². The van der Waals surface area contributed by atoms with Crippen molar-refractivity contribution < 1.29 is 4.74 Å². The first-order valence-electron chi connectivity index (χ1n) is 7.55. The lowest BCUT2D eigenvalue weighted by Gasteiger charge is -2.24. The van der Waals surface area contributed by atoms with Gasteiger partial charge in [0.2, 0.25) is 0 Å². The Morgan fingerprint density at radius 2 is 1.94 bits per heavy atom. The number of rotatable bonds is 9. The zero-order valence-electron chi connectivity index (χ0n) is 12.0. The molecule has 1 aliphatic carbocycles. The summed E-state index contributed by atoms with van der Waals surface area (Å²) in [5.74, 6) is 1.66. The van der Waals surface area contributed by atoms with Gasteiger partial charge in [-0.25, -0.2) is 0 Å². The summed E-state index contributed by atoms with van der Waals surface area (Å²) in [6.45, 7) is 9.67. The Kier molecular flexibility index (Phi) is 7.87. The number of hydrogen-bond acceptors (Lipinski definition) is 2. The fourth-order valence-corrected chi connectivity index (χ4v) is 2.79. The highest BCUT2D eigenvalue weighted by molar-refractivity contribution is 4.80. The minimum Gasteiger partial charge on any atom is -0.380 e. The number of nitrogens with one attached hydrogen (secondary N) is 1. The Labute approximate surface area is 108 Å². The lowest BCUT2D eigenvalue weighted by atomic mass is 9.99. The highest BCUT2D eigenvalue weighted by Gasteiger charge is 2.24. The molecule has 0 heterocycles. The Balaban J connectivity index is 2.11. The topological polar surface area (TPSA) is 21.3 Å². The molecule has 0 aliphatic heterocycles. The standard InChI is InChI=1S/C15H31NO/c1-4-16-15(14-9-5-6-10-14)12-17-11-7-8-13(2)3/h13-16H,4-12H2,1-3H3. The van der Waals surface area contributed by atoms with Gasteiger partial charge < -0.3 is 10.1 Å². The third kappa shape index (κ3) is 6.42. The Bertz CT molecular complexity index is 176. The van der Waals surface area contributed by atoms with Crippen molar-refractivity contribution in [2.75, 3.05) is 19.8 Å². The average molecular weight is 241 g/mol. The van der Waals surface area contributed by atoms with E-state index in [-0.39, 0.29) is 0 Å². The molecule has 0 saturated heterocycles. The molecule has 1 N–H and O–H groups in total. The van der Waals surface area contributed by atoms with Crippen LogP contribution in [0.25, 0.3) is 0 Å². The molecule has 0 bridgehead atoms. The average Bonchev–Trinajstić information content (AvgIpc) is 2.80. The fourth-order valence-electron chi connectivity index (χ4n) is 2.79. The lowest BCUT2D eigenvalue weighted by molar-refractivity contribution is 0.0897. The molecule has 0 aromatic carbocycles. The van der Waals surface area contributed by atoms with Crippen molar-refractivity contribution in [2.24, 2.45) is 11.8 Å². The van der Waals surface area contributed by atoms with E-state index in [9.17, 15) is 0 Å². The van der Waals surface area contributed by atoms with Gasteiger partial charge in [-0.1, -0.05) is 33.6 Å². The Morgan fingerprint density at radius 1 is 1.24 bits per heavy atom. The van der Waals surface area contributed by atoms with Gasteiger partial charge >= 0.3 is 0 Å². The third-order valence-corrected chi connectivity index (χ3v) is 3.80. The van der Waals surface area contributed by atoms with Gasteiger partial charge in [0.05, 0.1) is 6.61 Å². The monoisotopic (exact) mass is 241 g/mol. The normalized spacial score (nSPS) is 19.1. The predicted molar refractivity (Wildman–Crippen MR) is 74.3 cm³/mol. The van der Waals surface area contributed by atoms with Gasteiger partial charge in [-0.3, -0.25) is 0 Å². The maximum Gasteiger partial charge on any atom is 0.0622 e. The molecule has 1 atom stereocenters. The Morgan fingerprint density at radius 3 is 2.53 bits per heavy atom. The lowest BCUT2D eigenvalue weighted by Crippen LogP contribution is -2.39. The minimum atomic E-state index is 0.599. The zero-order valence-corrected chi connectivity index (χ0v) is 12.0. The maximum absolute atomic E-state index is 5.85. The quantitative estimate of drug-likeness (QED) is 0.623. The number of hydrogen-bond donors (Lipinski definition) is 1. The van der Waals surface area contributed by atoms with Crippen molar-refractivity contribution in [3.8, 4) is 0 Å². The van der Waals surface area contributed by atoms with Crippen LogP contribution in [0.2, 0.25) is 0 Å². The van der Waals surface area contributed by atoms with E-state index >= 15 is 0 Å². The molecule has 1 saturated carbocycles. The Hall–Kier alpha value is -0.0800. The summed E-state index contributed by atoms with van der Waals surface area (Å²) in [6.07, 6.45) is 8.12. The van der Waals surface area contributed by atoms with Gasteiger partial charge in [0.25, 0.3) is 0 Å². The molecule has 0 aromatic rings. The van der Waals surface area contributed by atoms with Crippen molar-refractivity contribution in [3.63, 3.8) is 0 Å². The van der Waals surface area contributed by atoms with Crippen LogP contribution >= 0.6 is 0 Å². The van der Waals surface area contributed by atoms with Gasteiger partial charge in [0, 0.05) is 12.6 Å². The van der Waals surface area contributed by atoms with Gasteiger partial charge in [-0.05, 0) is 44.1 Å². The van der Waals surface area contributed by atoms with Crippen molar-refractivity contribution >= 4 is 0 Å². The SMILES string of the molecule is CCNC(COCCCC(C)C)C1CCCC1. The van der Waals surface area contributed by atoms with Crippen LogP contribution in [0.1, 0.15) is 59.3 Å². The van der Waals surface area contributed by atoms with E-state index in [1.54, 1.807) is 0 Å². The summed E-state index contributed by atoms with van der Waals surface area (Å²) >= 11 is 0. The van der Waals surface area contributed by atoms with E-state index in [0.29, 0.717) is 6.04 Å². The van der Waals surface area contributed by atoms with E-state index in [0.717, 1.165) is 31.6 Å². The summed E-state index contributed by atoms with van der Waals surface area (Å²) < 4.78 is 5.85. The van der Waals surface area contributed by atoms with Crippen molar-refractivity contribution in [3.05, 3.63) is 0 Å². The van der Waals surface area contributed by atoms with Crippen LogP contribution in [0.5, 0.6) is 0 Å². The molecule has 1 aliphatic rings. The molecule has 2 heteroatoms. The van der Waals surface area contributed by atoms with Gasteiger partial charge in [-0.15, -0.1) is 0 Å². The second kappa shape index (κ2) is 8.93. The molecular weight excluding hydrogens is 210 g/mol. The van der Waals surface area contributed by atoms with Gasteiger partial charge in [0.1, 0.15) is 0 Å². The molecule has 0 radical (unpaired) electrons.